The van der Waals surface area contributed by atoms with Crippen molar-refractivity contribution < 1.29 is 9.90 Å². The van der Waals surface area contributed by atoms with E-state index in [2.05, 4.69) is 10.5 Å². The zero-order valence-corrected chi connectivity index (χ0v) is 8.61. The number of carbonyl (C=O) groups excluding carboxylic acids is 1. The summed E-state index contributed by atoms with van der Waals surface area (Å²) in [6.45, 7) is 3.54. The summed E-state index contributed by atoms with van der Waals surface area (Å²) in [6, 6.07) is 4.46. The van der Waals surface area contributed by atoms with Crippen LogP contribution in [0.15, 0.2) is 23.3 Å². The molecule has 80 valence electrons. The van der Waals surface area contributed by atoms with Gasteiger partial charge >= 0.3 is 6.03 Å². The number of hydrogen-bond acceptors (Lipinski definition) is 3. The summed E-state index contributed by atoms with van der Waals surface area (Å²) in [7, 11) is 0. The molecule has 0 atom stereocenters. The van der Waals surface area contributed by atoms with Crippen molar-refractivity contribution in [1.82, 2.24) is 5.43 Å². The van der Waals surface area contributed by atoms with Gasteiger partial charge in [0, 0.05) is 5.56 Å². The Labute approximate surface area is 87.6 Å². The number of hydrazone groups is 1. The zero-order chi connectivity index (χ0) is 11.4. The minimum atomic E-state index is -0.735. The fraction of sp³-hybridized carbons (Fsp3) is 0.200. The number of phenols is 1. The molecule has 0 aliphatic rings. The number of aromatic hydroxyl groups is 1. The van der Waals surface area contributed by atoms with Crippen LogP contribution in [0, 0.1) is 6.92 Å². The number of phenolic OH excluding ortho intramolecular Hbond substituents is 1. The van der Waals surface area contributed by atoms with E-state index in [1.54, 1.807) is 19.1 Å². The fourth-order valence-corrected chi connectivity index (χ4v) is 1.15. The van der Waals surface area contributed by atoms with Crippen molar-refractivity contribution in [3.05, 3.63) is 29.3 Å². The quantitative estimate of drug-likeness (QED) is 0.500. The highest BCUT2D eigenvalue weighted by molar-refractivity contribution is 6.01. The number of urea groups is 1. The minimum Gasteiger partial charge on any atom is -0.507 e. The lowest BCUT2D eigenvalue weighted by molar-refractivity contribution is 0.249. The largest absolute Gasteiger partial charge is 0.507 e. The van der Waals surface area contributed by atoms with Crippen LogP contribution in [0.2, 0.25) is 0 Å². The Morgan fingerprint density at radius 2 is 2.20 bits per heavy atom. The number of nitrogens with one attached hydrogen (secondary N) is 1. The van der Waals surface area contributed by atoms with E-state index in [-0.39, 0.29) is 5.75 Å². The molecule has 0 radical (unpaired) electrons. The maximum Gasteiger partial charge on any atom is 0.332 e. The van der Waals surface area contributed by atoms with Gasteiger partial charge in [0.25, 0.3) is 0 Å². The molecular weight excluding hydrogens is 194 g/mol. The number of carbonyl (C=O) groups is 1. The summed E-state index contributed by atoms with van der Waals surface area (Å²) >= 11 is 0. The van der Waals surface area contributed by atoms with Crippen molar-refractivity contribution in [2.45, 2.75) is 13.8 Å². The Kier molecular flexibility index (Phi) is 3.28. The van der Waals surface area contributed by atoms with Crippen LogP contribution in [-0.2, 0) is 0 Å². The van der Waals surface area contributed by atoms with Gasteiger partial charge in [-0.05, 0) is 31.5 Å². The smallest absolute Gasteiger partial charge is 0.332 e. The molecule has 5 nitrogen and oxygen atoms in total. The van der Waals surface area contributed by atoms with Gasteiger partial charge in [-0.25, -0.2) is 10.2 Å². The molecule has 0 bridgehead atoms. The molecule has 1 aromatic rings. The maximum absolute atomic E-state index is 10.4. The highest BCUT2D eigenvalue weighted by Gasteiger charge is 2.04. The number of rotatable bonds is 2. The molecule has 15 heavy (non-hydrogen) atoms. The summed E-state index contributed by atoms with van der Waals surface area (Å²) < 4.78 is 0. The van der Waals surface area contributed by atoms with Crippen molar-refractivity contribution in [3.8, 4) is 5.75 Å². The van der Waals surface area contributed by atoms with Crippen LogP contribution in [0.5, 0.6) is 5.75 Å². The number of primary amides is 1. The van der Waals surface area contributed by atoms with Crippen molar-refractivity contribution in [2.24, 2.45) is 10.8 Å². The van der Waals surface area contributed by atoms with Gasteiger partial charge in [-0.15, -0.1) is 0 Å². The highest BCUT2D eigenvalue weighted by atomic mass is 16.3. The zero-order valence-electron chi connectivity index (χ0n) is 8.61. The number of amides is 2. The monoisotopic (exact) mass is 207 g/mol. The standard InChI is InChI=1S/C10H13N3O2/c1-6-3-4-8(9(14)5-6)7(2)12-13-10(11)15/h3-5,14H,1-2H3,(H3,11,13,15). The summed E-state index contributed by atoms with van der Waals surface area (Å²) in [5, 5.41) is 13.3. The second-order valence-corrected chi connectivity index (χ2v) is 3.19. The van der Waals surface area contributed by atoms with Crippen LogP contribution in [0.3, 0.4) is 0 Å². The predicted octanol–water partition coefficient (Wildman–Crippen LogP) is 1.09. The molecule has 4 N–H and O–H groups in total. The number of nitrogens with zero attached hydrogens (tertiary/aromatic N) is 1. The number of nitrogens with two attached hydrogens (primary N) is 1. The SMILES string of the molecule is CC(=NNC(N)=O)c1ccc(C)cc1O. The first kappa shape index (κ1) is 11.0. The van der Waals surface area contributed by atoms with Crippen molar-refractivity contribution in [3.63, 3.8) is 0 Å². The van der Waals surface area contributed by atoms with E-state index in [1.807, 2.05) is 13.0 Å². The molecule has 5 heteroatoms. The third-order valence-corrected chi connectivity index (χ3v) is 1.88. The molecule has 0 aromatic heterocycles. The number of hydrogen-bond donors (Lipinski definition) is 3. The Hall–Kier alpha value is -2.04. The van der Waals surface area contributed by atoms with Crippen LogP contribution < -0.4 is 11.2 Å². The number of aryl methyl sites for hydroxylation is 1. The molecule has 0 spiro atoms. The third-order valence-electron chi connectivity index (χ3n) is 1.88. The molecule has 1 rings (SSSR count). The normalized spacial score (nSPS) is 11.2. The maximum atomic E-state index is 10.4. The molecule has 1 aromatic carbocycles. The van der Waals surface area contributed by atoms with Crippen LogP contribution in [0.1, 0.15) is 18.1 Å². The summed E-state index contributed by atoms with van der Waals surface area (Å²) in [5.74, 6) is 0.127. The third kappa shape index (κ3) is 2.98. The van der Waals surface area contributed by atoms with Crippen LogP contribution in [0.4, 0.5) is 4.79 Å². The van der Waals surface area contributed by atoms with Gasteiger partial charge in [0.2, 0.25) is 0 Å². The fourth-order valence-electron chi connectivity index (χ4n) is 1.15. The molecule has 0 saturated carbocycles. The molecular formula is C10H13N3O2. The first-order chi connectivity index (χ1) is 7.00. The molecule has 0 saturated heterocycles. The molecule has 0 unspecified atom stereocenters. The van der Waals surface area contributed by atoms with E-state index in [0.29, 0.717) is 11.3 Å². The molecule has 2 amide bonds. The van der Waals surface area contributed by atoms with Crippen LogP contribution in [0.25, 0.3) is 0 Å². The summed E-state index contributed by atoms with van der Waals surface area (Å²) in [6.07, 6.45) is 0. The van der Waals surface area contributed by atoms with E-state index in [4.69, 9.17) is 5.73 Å². The van der Waals surface area contributed by atoms with Crippen molar-refractivity contribution in [1.29, 1.82) is 0 Å². The molecule has 0 aliphatic carbocycles. The van der Waals surface area contributed by atoms with Gasteiger partial charge in [-0.1, -0.05) is 6.07 Å². The Balaban J connectivity index is 2.95. The van der Waals surface area contributed by atoms with Gasteiger partial charge in [0.1, 0.15) is 5.75 Å². The van der Waals surface area contributed by atoms with Crippen LogP contribution >= 0.6 is 0 Å². The van der Waals surface area contributed by atoms with Gasteiger partial charge in [0.15, 0.2) is 0 Å². The van der Waals surface area contributed by atoms with E-state index < -0.39 is 6.03 Å². The van der Waals surface area contributed by atoms with E-state index in [1.165, 1.54) is 0 Å². The Morgan fingerprint density at radius 3 is 2.73 bits per heavy atom. The molecule has 0 heterocycles. The first-order valence-electron chi connectivity index (χ1n) is 4.40. The van der Waals surface area contributed by atoms with Crippen molar-refractivity contribution >= 4 is 11.7 Å². The molecule has 0 fully saturated rings. The van der Waals surface area contributed by atoms with E-state index >= 15 is 0 Å². The Bertz CT molecular complexity index is 413. The minimum absolute atomic E-state index is 0.127. The first-order valence-corrected chi connectivity index (χ1v) is 4.40. The predicted molar refractivity (Wildman–Crippen MR) is 57.8 cm³/mol. The lowest BCUT2D eigenvalue weighted by Gasteiger charge is -2.04. The average Bonchev–Trinajstić information content (AvgIpc) is 2.14. The lowest BCUT2D eigenvalue weighted by Crippen LogP contribution is -2.25. The van der Waals surface area contributed by atoms with Crippen molar-refractivity contribution in [2.75, 3.05) is 0 Å². The summed E-state index contributed by atoms with van der Waals surface area (Å²) in [4.78, 5) is 10.4. The number of benzene rings is 1. The van der Waals surface area contributed by atoms with Gasteiger partial charge in [-0.3, -0.25) is 0 Å². The summed E-state index contributed by atoms with van der Waals surface area (Å²) in [5.41, 5.74) is 8.97. The van der Waals surface area contributed by atoms with Gasteiger partial charge in [0.05, 0.1) is 5.71 Å². The molecule has 0 aliphatic heterocycles. The second kappa shape index (κ2) is 4.45. The van der Waals surface area contributed by atoms with Crippen LogP contribution in [-0.4, -0.2) is 16.8 Å². The average molecular weight is 207 g/mol. The highest BCUT2D eigenvalue weighted by Crippen LogP contribution is 2.18. The lowest BCUT2D eigenvalue weighted by atomic mass is 10.1. The van der Waals surface area contributed by atoms with E-state index in [0.717, 1.165) is 5.56 Å². The van der Waals surface area contributed by atoms with Gasteiger partial charge in [-0.2, -0.15) is 5.10 Å². The second-order valence-electron chi connectivity index (χ2n) is 3.19. The topological polar surface area (TPSA) is 87.7 Å². The van der Waals surface area contributed by atoms with E-state index in [9.17, 15) is 9.90 Å². The Morgan fingerprint density at radius 1 is 1.53 bits per heavy atom. The van der Waals surface area contributed by atoms with Gasteiger partial charge < -0.3 is 10.8 Å².